The van der Waals surface area contributed by atoms with Crippen molar-refractivity contribution in [3.8, 4) is 16.9 Å². The molecule has 180 valence electrons. The van der Waals surface area contributed by atoms with E-state index in [0.717, 1.165) is 30.8 Å². The lowest BCUT2D eigenvalue weighted by atomic mass is 9.93. The number of anilines is 1. The zero-order valence-electron chi connectivity index (χ0n) is 19.4. The quantitative estimate of drug-likeness (QED) is 0.371. The van der Waals surface area contributed by atoms with E-state index in [1.807, 2.05) is 13.0 Å². The van der Waals surface area contributed by atoms with Gasteiger partial charge in [-0.05, 0) is 38.8 Å². The van der Waals surface area contributed by atoms with Crippen LogP contribution in [0.15, 0.2) is 30.7 Å². The van der Waals surface area contributed by atoms with Gasteiger partial charge in [0.25, 0.3) is 5.91 Å². The fraction of sp³-hybridized carbons (Fsp3) is 0.333. The number of aryl methyl sites for hydroxylation is 1. The fourth-order valence-electron chi connectivity index (χ4n) is 4.17. The predicted molar refractivity (Wildman–Crippen MR) is 134 cm³/mol. The van der Waals surface area contributed by atoms with Crippen molar-refractivity contribution in [2.75, 3.05) is 19.0 Å². The molecule has 0 aromatic carbocycles. The largest absolute Gasteiger partial charge is 0.494 e. The SMILES string of the molecule is COc1cnc(Cl)cc1-c1cc(C)ncc1C(=O)Nc1nc2ncc([C@@H]3CCO[C@H](C)C3)nc2s1. The monoisotopic (exact) mass is 510 g/mol. The van der Waals surface area contributed by atoms with Gasteiger partial charge in [0.2, 0.25) is 0 Å². The zero-order valence-corrected chi connectivity index (χ0v) is 21.0. The summed E-state index contributed by atoms with van der Waals surface area (Å²) in [6, 6.07) is 3.47. The third-order valence-corrected chi connectivity index (χ3v) is 6.96. The molecule has 0 spiro atoms. The van der Waals surface area contributed by atoms with Gasteiger partial charge in [-0.25, -0.2) is 15.0 Å². The van der Waals surface area contributed by atoms with E-state index < -0.39 is 0 Å². The van der Waals surface area contributed by atoms with Crippen LogP contribution >= 0.6 is 22.9 Å². The number of aromatic nitrogens is 5. The minimum absolute atomic E-state index is 0.203. The van der Waals surface area contributed by atoms with Gasteiger partial charge in [0.1, 0.15) is 10.9 Å². The highest BCUT2D eigenvalue weighted by Crippen LogP contribution is 2.35. The van der Waals surface area contributed by atoms with E-state index in [-0.39, 0.29) is 12.0 Å². The van der Waals surface area contributed by atoms with Crippen LogP contribution in [0.25, 0.3) is 21.6 Å². The molecular formula is C24H23ClN6O3S. The van der Waals surface area contributed by atoms with E-state index in [9.17, 15) is 4.79 Å². The van der Waals surface area contributed by atoms with Gasteiger partial charge in [0, 0.05) is 35.5 Å². The number of pyridine rings is 2. The molecule has 1 aliphatic rings. The molecule has 2 atom stereocenters. The second kappa shape index (κ2) is 9.80. The van der Waals surface area contributed by atoms with Crippen molar-refractivity contribution in [2.45, 2.75) is 38.7 Å². The van der Waals surface area contributed by atoms with Crippen LogP contribution in [0.5, 0.6) is 5.75 Å². The Balaban J connectivity index is 1.44. The van der Waals surface area contributed by atoms with Gasteiger partial charge in [0.15, 0.2) is 15.6 Å². The van der Waals surface area contributed by atoms with E-state index in [1.54, 1.807) is 19.4 Å². The van der Waals surface area contributed by atoms with Crippen molar-refractivity contribution in [3.05, 3.63) is 52.8 Å². The molecule has 1 saturated heterocycles. The Labute approximate surface area is 210 Å². The lowest BCUT2D eigenvalue weighted by Gasteiger charge is -2.26. The van der Waals surface area contributed by atoms with Crippen LogP contribution in [0.3, 0.4) is 0 Å². The number of hydrogen-bond donors (Lipinski definition) is 1. The topological polar surface area (TPSA) is 112 Å². The van der Waals surface area contributed by atoms with Crippen molar-refractivity contribution in [1.29, 1.82) is 0 Å². The maximum Gasteiger partial charge on any atom is 0.259 e. The smallest absolute Gasteiger partial charge is 0.259 e. The summed E-state index contributed by atoms with van der Waals surface area (Å²) in [6.07, 6.45) is 6.86. The summed E-state index contributed by atoms with van der Waals surface area (Å²) >= 11 is 7.43. The number of ether oxygens (including phenoxy) is 2. The fourth-order valence-corrected chi connectivity index (χ4v) is 5.13. The summed E-state index contributed by atoms with van der Waals surface area (Å²) in [5.74, 6) is 0.441. The Morgan fingerprint density at radius 3 is 2.83 bits per heavy atom. The molecule has 1 amide bonds. The summed E-state index contributed by atoms with van der Waals surface area (Å²) in [5.41, 5.74) is 3.80. The second-order valence-electron chi connectivity index (χ2n) is 8.38. The molecule has 11 heteroatoms. The molecule has 4 aromatic heterocycles. The third-order valence-electron chi connectivity index (χ3n) is 5.90. The number of fused-ring (bicyclic) bond motifs is 1. The van der Waals surface area contributed by atoms with Gasteiger partial charge >= 0.3 is 0 Å². The third kappa shape index (κ3) is 4.95. The van der Waals surface area contributed by atoms with Crippen molar-refractivity contribution < 1.29 is 14.3 Å². The van der Waals surface area contributed by atoms with Gasteiger partial charge < -0.3 is 9.47 Å². The molecule has 1 N–H and O–H groups in total. The van der Waals surface area contributed by atoms with Gasteiger partial charge in [-0.2, -0.15) is 4.98 Å². The number of methoxy groups -OCH3 is 1. The lowest BCUT2D eigenvalue weighted by molar-refractivity contribution is 0.0180. The van der Waals surface area contributed by atoms with E-state index in [1.165, 1.54) is 23.7 Å². The molecule has 5 heterocycles. The van der Waals surface area contributed by atoms with Crippen LogP contribution < -0.4 is 10.1 Å². The molecule has 35 heavy (non-hydrogen) atoms. The molecule has 0 bridgehead atoms. The van der Waals surface area contributed by atoms with Crippen LogP contribution in [0.4, 0.5) is 5.13 Å². The minimum Gasteiger partial charge on any atom is -0.494 e. The average Bonchev–Trinajstić information content (AvgIpc) is 3.25. The lowest BCUT2D eigenvalue weighted by Crippen LogP contribution is -2.22. The van der Waals surface area contributed by atoms with Gasteiger partial charge in [-0.1, -0.05) is 22.9 Å². The van der Waals surface area contributed by atoms with Gasteiger partial charge in [-0.15, -0.1) is 0 Å². The summed E-state index contributed by atoms with van der Waals surface area (Å²) in [5, 5.41) is 3.58. The number of halogens is 1. The van der Waals surface area contributed by atoms with Crippen LogP contribution in [0.1, 0.15) is 47.4 Å². The molecule has 0 aliphatic carbocycles. The van der Waals surface area contributed by atoms with E-state index >= 15 is 0 Å². The number of amides is 1. The molecule has 1 aliphatic heterocycles. The summed E-state index contributed by atoms with van der Waals surface area (Å²) in [7, 11) is 1.54. The molecule has 9 nitrogen and oxygen atoms in total. The van der Waals surface area contributed by atoms with Crippen molar-refractivity contribution in [1.82, 2.24) is 24.9 Å². The van der Waals surface area contributed by atoms with Crippen molar-refractivity contribution in [3.63, 3.8) is 0 Å². The number of carbonyl (C=O) groups is 1. The minimum atomic E-state index is -0.361. The van der Waals surface area contributed by atoms with Crippen molar-refractivity contribution >= 4 is 44.5 Å². The van der Waals surface area contributed by atoms with E-state index in [4.69, 9.17) is 26.1 Å². The first-order chi connectivity index (χ1) is 16.9. The number of nitrogens with zero attached hydrogens (tertiary/aromatic N) is 5. The Bertz CT molecular complexity index is 1410. The molecule has 5 rings (SSSR count). The first-order valence-electron chi connectivity index (χ1n) is 11.1. The van der Waals surface area contributed by atoms with E-state index in [0.29, 0.717) is 49.1 Å². The Morgan fingerprint density at radius 2 is 2.03 bits per heavy atom. The highest BCUT2D eigenvalue weighted by Gasteiger charge is 2.24. The molecule has 0 saturated carbocycles. The average molecular weight is 511 g/mol. The van der Waals surface area contributed by atoms with Crippen LogP contribution in [-0.2, 0) is 4.74 Å². The number of carbonyl (C=O) groups excluding carboxylic acids is 1. The first-order valence-corrected chi connectivity index (χ1v) is 12.3. The molecule has 0 radical (unpaired) electrons. The van der Waals surface area contributed by atoms with E-state index in [2.05, 4.69) is 32.2 Å². The van der Waals surface area contributed by atoms with Crippen LogP contribution in [0, 0.1) is 6.92 Å². The summed E-state index contributed by atoms with van der Waals surface area (Å²) in [4.78, 5) is 36.1. The second-order valence-corrected chi connectivity index (χ2v) is 9.74. The Kier molecular flexibility index (Phi) is 6.59. The highest BCUT2D eigenvalue weighted by atomic mass is 35.5. The maximum atomic E-state index is 13.3. The number of hydrogen-bond acceptors (Lipinski definition) is 9. The van der Waals surface area contributed by atoms with Crippen LogP contribution in [0.2, 0.25) is 5.15 Å². The highest BCUT2D eigenvalue weighted by molar-refractivity contribution is 7.21. The zero-order chi connectivity index (χ0) is 24.5. The number of nitrogens with one attached hydrogen (secondary N) is 1. The molecular weight excluding hydrogens is 488 g/mol. The molecule has 4 aromatic rings. The summed E-state index contributed by atoms with van der Waals surface area (Å²) in [6.45, 7) is 4.64. The number of thiazole rings is 1. The number of rotatable bonds is 5. The maximum absolute atomic E-state index is 13.3. The van der Waals surface area contributed by atoms with Crippen molar-refractivity contribution in [2.24, 2.45) is 0 Å². The van der Waals surface area contributed by atoms with Gasteiger partial charge in [0.05, 0.1) is 36.9 Å². The molecule has 1 fully saturated rings. The molecule has 0 unspecified atom stereocenters. The predicted octanol–water partition coefficient (Wildman–Crippen LogP) is 5.05. The normalized spacial score (nSPS) is 17.9. The standard InChI is InChI=1S/C24H23ClN6O3S/c1-12-6-15(16-8-20(25)27-11-19(16)33-3)17(9-26-12)22(32)31-24-30-21-23(35-24)29-18(10-28-21)14-4-5-34-13(2)7-14/h6,8-11,13-14H,4-5,7H2,1-3H3,(H,28,30,31,32)/t13-,14-/m1/s1. The Morgan fingerprint density at radius 1 is 1.17 bits per heavy atom. The van der Waals surface area contributed by atoms with Crippen LogP contribution in [-0.4, -0.2) is 50.6 Å². The van der Waals surface area contributed by atoms with Gasteiger partial charge in [-0.3, -0.25) is 15.1 Å². The summed E-state index contributed by atoms with van der Waals surface area (Å²) < 4.78 is 11.1. The first kappa shape index (κ1) is 23.5. The Hall–Kier alpha value is -3.21.